The highest BCUT2D eigenvalue weighted by Gasteiger charge is 2.20. The molecule has 0 spiro atoms. The van der Waals surface area contributed by atoms with E-state index < -0.39 is 0 Å². The summed E-state index contributed by atoms with van der Waals surface area (Å²) in [4.78, 5) is 17.3. The van der Waals surface area contributed by atoms with Gasteiger partial charge in [-0.25, -0.2) is 0 Å². The zero-order chi connectivity index (χ0) is 17.3. The third-order valence-electron chi connectivity index (χ3n) is 4.22. The van der Waals surface area contributed by atoms with E-state index in [-0.39, 0.29) is 11.8 Å². The van der Waals surface area contributed by atoms with Crippen molar-refractivity contribution in [1.82, 2.24) is 4.98 Å². The van der Waals surface area contributed by atoms with Crippen LogP contribution in [0.2, 0.25) is 0 Å². The van der Waals surface area contributed by atoms with E-state index in [0.717, 1.165) is 21.9 Å². The minimum absolute atomic E-state index is 0.0580. The molecule has 3 aromatic rings. The van der Waals surface area contributed by atoms with Crippen LogP contribution < -0.4 is 10.5 Å². The molecule has 0 saturated carbocycles. The van der Waals surface area contributed by atoms with E-state index >= 15 is 0 Å². The summed E-state index contributed by atoms with van der Waals surface area (Å²) >= 11 is 0. The average Bonchev–Trinajstić information content (AvgIpc) is 2.59. The SMILES string of the molecule is COc1cc(C(C)N)cc(C)c1C(=O)c1cccc2cnccc12. The second-order valence-corrected chi connectivity index (χ2v) is 5.94. The molecule has 0 aliphatic rings. The van der Waals surface area contributed by atoms with Crippen LogP contribution in [0.1, 0.15) is 40.0 Å². The Balaban J connectivity index is 2.19. The summed E-state index contributed by atoms with van der Waals surface area (Å²) in [5, 5.41) is 1.82. The lowest BCUT2D eigenvalue weighted by Gasteiger charge is -2.16. The summed E-state index contributed by atoms with van der Waals surface area (Å²) in [5.74, 6) is 0.496. The van der Waals surface area contributed by atoms with E-state index in [1.807, 2.05) is 50.2 Å². The summed E-state index contributed by atoms with van der Waals surface area (Å²) in [6.07, 6.45) is 3.46. The lowest BCUT2D eigenvalue weighted by Crippen LogP contribution is -2.11. The van der Waals surface area contributed by atoms with Gasteiger partial charge in [-0.2, -0.15) is 0 Å². The smallest absolute Gasteiger partial charge is 0.197 e. The summed E-state index contributed by atoms with van der Waals surface area (Å²) in [6.45, 7) is 3.82. The molecule has 24 heavy (non-hydrogen) atoms. The minimum atomic E-state index is -0.120. The van der Waals surface area contributed by atoms with Crippen molar-refractivity contribution >= 4 is 16.6 Å². The van der Waals surface area contributed by atoms with Gasteiger partial charge >= 0.3 is 0 Å². The molecule has 0 aliphatic carbocycles. The number of nitrogens with zero attached hydrogens (tertiary/aromatic N) is 1. The number of pyridine rings is 1. The van der Waals surface area contributed by atoms with Gasteiger partial charge in [-0.05, 0) is 42.5 Å². The quantitative estimate of drug-likeness (QED) is 0.743. The normalized spacial score (nSPS) is 12.2. The molecule has 122 valence electrons. The van der Waals surface area contributed by atoms with Crippen molar-refractivity contribution in [2.75, 3.05) is 7.11 Å². The van der Waals surface area contributed by atoms with Crippen LogP contribution in [-0.2, 0) is 0 Å². The first kappa shape index (κ1) is 16.1. The Morgan fingerprint density at radius 3 is 2.75 bits per heavy atom. The lowest BCUT2D eigenvalue weighted by molar-refractivity contribution is 0.103. The highest BCUT2D eigenvalue weighted by Crippen LogP contribution is 2.30. The van der Waals surface area contributed by atoms with Gasteiger partial charge in [0.2, 0.25) is 0 Å². The maximum atomic E-state index is 13.2. The Morgan fingerprint density at radius 1 is 1.25 bits per heavy atom. The highest BCUT2D eigenvalue weighted by atomic mass is 16.5. The van der Waals surface area contributed by atoms with Crippen LogP contribution in [0.15, 0.2) is 48.8 Å². The monoisotopic (exact) mass is 320 g/mol. The number of benzene rings is 2. The number of carbonyl (C=O) groups is 1. The molecule has 0 bridgehead atoms. The number of aryl methyl sites for hydroxylation is 1. The predicted octanol–water partition coefficient (Wildman–Crippen LogP) is 3.80. The van der Waals surface area contributed by atoms with Crippen LogP contribution in [0.5, 0.6) is 5.75 Å². The predicted molar refractivity (Wildman–Crippen MR) is 95.5 cm³/mol. The number of hydrogen-bond donors (Lipinski definition) is 1. The summed E-state index contributed by atoms with van der Waals surface area (Å²) < 4.78 is 5.48. The van der Waals surface area contributed by atoms with Crippen molar-refractivity contribution < 1.29 is 9.53 Å². The fourth-order valence-electron chi connectivity index (χ4n) is 2.95. The molecule has 1 atom stereocenters. The van der Waals surface area contributed by atoms with Gasteiger partial charge < -0.3 is 10.5 Å². The van der Waals surface area contributed by atoms with E-state index in [1.165, 1.54) is 0 Å². The zero-order valence-corrected chi connectivity index (χ0v) is 14.0. The van der Waals surface area contributed by atoms with Crippen molar-refractivity contribution in [1.29, 1.82) is 0 Å². The van der Waals surface area contributed by atoms with Crippen molar-refractivity contribution in [2.45, 2.75) is 19.9 Å². The number of carbonyl (C=O) groups excluding carboxylic acids is 1. The van der Waals surface area contributed by atoms with Crippen LogP contribution in [0.3, 0.4) is 0 Å². The minimum Gasteiger partial charge on any atom is -0.496 e. The van der Waals surface area contributed by atoms with Gasteiger partial charge in [0, 0.05) is 29.4 Å². The number of hydrogen-bond acceptors (Lipinski definition) is 4. The standard InChI is InChI=1S/C20H20N2O2/c1-12-9-15(13(2)21)10-18(24-3)19(12)20(23)17-6-4-5-14-11-22-8-7-16(14)17/h4-11,13H,21H2,1-3H3. The van der Waals surface area contributed by atoms with E-state index in [4.69, 9.17) is 10.5 Å². The van der Waals surface area contributed by atoms with Crippen molar-refractivity contribution in [3.05, 3.63) is 71.0 Å². The van der Waals surface area contributed by atoms with E-state index in [1.54, 1.807) is 19.5 Å². The molecular formula is C20H20N2O2. The number of methoxy groups -OCH3 is 1. The first-order chi connectivity index (χ1) is 11.5. The lowest BCUT2D eigenvalue weighted by atomic mass is 9.92. The van der Waals surface area contributed by atoms with Gasteiger partial charge in [0.1, 0.15) is 5.75 Å². The molecule has 3 rings (SSSR count). The molecule has 0 fully saturated rings. The topological polar surface area (TPSA) is 65.2 Å². The van der Waals surface area contributed by atoms with Crippen LogP contribution in [0, 0.1) is 6.92 Å². The Kier molecular flexibility index (Phi) is 4.32. The van der Waals surface area contributed by atoms with E-state index in [2.05, 4.69) is 4.98 Å². The van der Waals surface area contributed by atoms with Crippen LogP contribution in [-0.4, -0.2) is 17.9 Å². The maximum absolute atomic E-state index is 13.2. The Bertz CT molecular complexity index is 911. The molecule has 2 N–H and O–H groups in total. The molecule has 1 unspecified atom stereocenters. The molecule has 0 aliphatic heterocycles. The molecule has 4 heteroatoms. The summed E-state index contributed by atoms with van der Waals surface area (Å²) in [5.41, 5.74) is 9.00. The number of fused-ring (bicyclic) bond motifs is 1. The Hall–Kier alpha value is -2.72. The van der Waals surface area contributed by atoms with Gasteiger partial charge in [0.05, 0.1) is 12.7 Å². The number of aromatic nitrogens is 1. The summed E-state index contributed by atoms with van der Waals surface area (Å²) in [7, 11) is 1.57. The molecule has 0 radical (unpaired) electrons. The largest absolute Gasteiger partial charge is 0.496 e. The molecule has 4 nitrogen and oxygen atoms in total. The molecule has 0 amide bonds. The first-order valence-corrected chi connectivity index (χ1v) is 7.84. The van der Waals surface area contributed by atoms with E-state index in [0.29, 0.717) is 16.9 Å². The molecule has 0 saturated heterocycles. The average molecular weight is 320 g/mol. The number of ether oxygens (including phenoxy) is 1. The second kappa shape index (κ2) is 6.42. The van der Waals surface area contributed by atoms with Gasteiger partial charge in [-0.1, -0.05) is 24.3 Å². The van der Waals surface area contributed by atoms with Crippen LogP contribution in [0.25, 0.3) is 10.8 Å². The Morgan fingerprint density at radius 2 is 2.04 bits per heavy atom. The third-order valence-corrected chi connectivity index (χ3v) is 4.22. The van der Waals surface area contributed by atoms with Gasteiger partial charge in [-0.15, -0.1) is 0 Å². The third kappa shape index (κ3) is 2.76. The maximum Gasteiger partial charge on any atom is 0.197 e. The molecular weight excluding hydrogens is 300 g/mol. The van der Waals surface area contributed by atoms with Crippen LogP contribution >= 0.6 is 0 Å². The number of ketones is 1. The van der Waals surface area contributed by atoms with Gasteiger partial charge in [0.15, 0.2) is 5.78 Å². The fraction of sp³-hybridized carbons (Fsp3) is 0.200. The van der Waals surface area contributed by atoms with Gasteiger partial charge in [0.25, 0.3) is 0 Å². The number of nitrogens with two attached hydrogens (primary N) is 1. The first-order valence-electron chi connectivity index (χ1n) is 7.84. The number of rotatable bonds is 4. The summed E-state index contributed by atoms with van der Waals surface area (Å²) in [6, 6.07) is 11.2. The molecule has 1 heterocycles. The van der Waals surface area contributed by atoms with E-state index in [9.17, 15) is 4.79 Å². The van der Waals surface area contributed by atoms with Crippen molar-refractivity contribution in [3.63, 3.8) is 0 Å². The van der Waals surface area contributed by atoms with Gasteiger partial charge in [-0.3, -0.25) is 9.78 Å². The molecule has 1 aromatic heterocycles. The Labute approximate surface area is 141 Å². The van der Waals surface area contributed by atoms with Crippen LogP contribution in [0.4, 0.5) is 0 Å². The second-order valence-electron chi connectivity index (χ2n) is 5.94. The fourth-order valence-corrected chi connectivity index (χ4v) is 2.95. The highest BCUT2D eigenvalue weighted by molar-refractivity contribution is 6.18. The molecule has 2 aromatic carbocycles. The zero-order valence-electron chi connectivity index (χ0n) is 14.0. The van der Waals surface area contributed by atoms with Crippen molar-refractivity contribution in [2.24, 2.45) is 5.73 Å². The van der Waals surface area contributed by atoms with Crippen molar-refractivity contribution in [3.8, 4) is 5.75 Å².